The van der Waals surface area contributed by atoms with Crippen molar-refractivity contribution in [3.05, 3.63) is 0 Å². The van der Waals surface area contributed by atoms with E-state index >= 15 is 0 Å². The molecule has 82 valence electrons. The number of nitrogens with one attached hydrogen (secondary N) is 1. The normalized spacial score (nSPS) is 28.5. The number of hydrogen-bond donors (Lipinski definition) is 1. The fourth-order valence-electron chi connectivity index (χ4n) is 1.34. The average molecular weight is 217 g/mol. The van der Waals surface area contributed by atoms with Gasteiger partial charge in [-0.2, -0.15) is 0 Å². The molecule has 0 atom stereocenters. The van der Waals surface area contributed by atoms with Crippen molar-refractivity contribution in [1.29, 1.82) is 0 Å². The molecule has 0 saturated carbocycles. The SMILES string of the molecule is CC(C)(C)C(=O)NC1CCS(=O)CC1. The van der Waals surface area contributed by atoms with Gasteiger partial charge in [0, 0.05) is 33.8 Å². The van der Waals surface area contributed by atoms with Gasteiger partial charge in [-0.15, -0.1) is 0 Å². The van der Waals surface area contributed by atoms with Crippen LogP contribution < -0.4 is 5.32 Å². The van der Waals surface area contributed by atoms with E-state index in [1.54, 1.807) is 0 Å². The lowest BCUT2D eigenvalue weighted by Crippen LogP contribution is -2.44. The van der Waals surface area contributed by atoms with Gasteiger partial charge in [0.15, 0.2) is 0 Å². The van der Waals surface area contributed by atoms with Crippen LogP contribution in [0.5, 0.6) is 0 Å². The van der Waals surface area contributed by atoms with Gasteiger partial charge in [0.25, 0.3) is 0 Å². The predicted octanol–water partition coefficient (Wildman–Crippen LogP) is 1.06. The van der Waals surface area contributed by atoms with E-state index < -0.39 is 10.8 Å². The molecule has 1 rings (SSSR count). The highest BCUT2D eigenvalue weighted by atomic mass is 32.2. The Balaban J connectivity index is 2.38. The fraction of sp³-hybridized carbons (Fsp3) is 0.900. The molecule has 1 saturated heterocycles. The predicted molar refractivity (Wildman–Crippen MR) is 58.5 cm³/mol. The molecule has 14 heavy (non-hydrogen) atoms. The van der Waals surface area contributed by atoms with Gasteiger partial charge in [0.05, 0.1) is 0 Å². The molecule has 3 nitrogen and oxygen atoms in total. The smallest absolute Gasteiger partial charge is 0.225 e. The second-order valence-corrected chi connectivity index (χ2v) is 6.54. The molecule has 0 aromatic carbocycles. The van der Waals surface area contributed by atoms with Gasteiger partial charge in [-0.25, -0.2) is 0 Å². The van der Waals surface area contributed by atoms with Crippen molar-refractivity contribution in [2.75, 3.05) is 11.5 Å². The minimum atomic E-state index is -0.648. The number of rotatable bonds is 1. The summed E-state index contributed by atoms with van der Waals surface area (Å²) in [5.41, 5.74) is -0.323. The van der Waals surface area contributed by atoms with Gasteiger partial charge in [0.2, 0.25) is 5.91 Å². The van der Waals surface area contributed by atoms with E-state index in [2.05, 4.69) is 5.32 Å². The molecule has 1 aliphatic heterocycles. The Labute approximate surface area is 88.1 Å². The molecular weight excluding hydrogens is 198 g/mol. The maximum atomic E-state index is 11.6. The van der Waals surface area contributed by atoms with E-state index in [4.69, 9.17) is 0 Å². The maximum Gasteiger partial charge on any atom is 0.225 e. The average Bonchev–Trinajstić information content (AvgIpc) is 2.07. The molecule has 0 radical (unpaired) electrons. The lowest BCUT2D eigenvalue weighted by Gasteiger charge is -2.26. The highest BCUT2D eigenvalue weighted by molar-refractivity contribution is 7.85. The Hall–Kier alpha value is -0.380. The molecule has 1 N–H and O–H groups in total. The summed E-state index contributed by atoms with van der Waals surface area (Å²) in [6, 6.07) is 0.236. The quantitative estimate of drug-likeness (QED) is 0.714. The topological polar surface area (TPSA) is 46.2 Å². The van der Waals surface area contributed by atoms with E-state index in [0.29, 0.717) is 0 Å². The standard InChI is InChI=1S/C10H19NO2S/c1-10(2,3)9(12)11-8-4-6-14(13)7-5-8/h8H,4-7H2,1-3H3,(H,11,12). The Morgan fingerprint density at radius 1 is 1.29 bits per heavy atom. The Morgan fingerprint density at radius 3 is 2.21 bits per heavy atom. The van der Waals surface area contributed by atoms with Crippen LogP contribution in [-0.4, -0.2) is 27.7 Å². The molecular formula is C10H19NO2S. The van der Waals surface area contributed by atoms with E-state index in [9.17, 15) is 9.00 Å². The minimum Gasteiger partial charge on any atom is -0.353 e. The lowest BCUT2D eigenvalue weighted by molar-refractivity contribution is -0.129. The summed E-state index contributed by atoms with van der Waals surface area (Å²) in [5, 5.41) is 3.01. The Kier molecular flexibility index (Phi) is 3.70. The van der Waals surface area contributed by atoms with Crippen molar-refractivity contribution in [3.8, 4) is 0 Å². The van der Waals surface area contributed by atoms with Crippen LogP contribution in [0.4, 0.5) is 0 Å². The molecule has 0 aromatic heterocycles. The highest BCUT2D eigenvalue weighted by Gasteiger charge is 2.25. The third kappa shape index (κ3) is 3.40. The third-order valence-corrected chi connectivity index (χ3v) is 3.79. The summed E-state index contributed by atoms with van der Waals surface area (Å²) in [4.78, 5) is 11.6. The minimum absolute atomic E-state index is 0.0928. The zero-order chi connectivity index (χ0) is 10.8. The molecule has 1 aliphatic rings. The van der Waals surface area contributed by atoms with Crippen LogP contribution in [0.3, 0.4) is 0 Å². The summed E-state index contributed by atoms with van der Waals surface area (Å²) < 4.78 is 11.1. The fourth-order valence-corrected chi connectivity index (χ4v) is 2.64. The van der Waals surface area contributed by atoms with Crippen molar-refractivity contribution in [1.82, 2.24) is 5.32 Å². The van der Waals surface area contributed by atoms with Crippen molar-refractivity contribution in [2.24, 2.45) is 5.41 Å². The van der Waals surface area contributed by atoms with E-state index in [0.717, 1.165) is 24.3 Å². The molecule has 1 amide bonds. The third-order valence-electron chi connectivity index (χ3n) is 2.40. The zero-order valence-corrected chi connectivity index (χ0v) is 9.95. The van der Waals surface area contributed by atoms with Crippen molar-refractivity contribution in [3.63, 3.8) is 0 Å². The van der Waals surface area contributed by atoms with Crippen LogP contribution in [-0.2, 0) is 15.6 Å². The summed E-state index contributed by atoms with van der Waals surface area (Å²) in [5.74, 6) is 1.56. The monoisotopic (exact) mass is 217 g/mol. The first-order valence-electron chi connectivity index (χ1n) is 5.05. The largest absolute Gasteiger partial charge is 0.353 e. The first-order valence-corrected chi connectivity index (χ1v) is 6.54. The summed E-state index contributed by atoms with van der Waals surface area (Å²) in [6.07, 6.45) is 1.71. The summed E-state index contributed by atoms with van der Waals surface area (Å²) in [6.45, 7) is 5.72. The van der Waals surface area contributed by atoms with Crippen LogP contribution in [0, 0.1) is 5.41 Å². The van der Waals surface area contributed by atoms with Crippen molar-refractivity contribution in [2.45, 2.75) is 39.7 Å². The molecule has 0 aromatic rings. The van der Waals surface area contributed by atoms with Gasteiger partial charge in [-0.1, -0.05) is 20.8 Å². The molecule has 0 bridgehead atoms. The van der Waals surface area contributed by atoms with Gasteiger partial charge in [-0.05, 0) is 12.8 Å². The molecule has 0 aliphatic carbocycles. The van der Waals surface area contributed by atoms with Crippen LogP contribution in [0.25, 0.3) is 0 Å². The van der Waals surface area contributed by atoms with Crippen LogP contribution in [0.1, 0.15) is 33.6 Å². The number of hydrogen-bond acceptors (Lipinski definition) is 2. The van der Waals surface area contributed by atoms with Crippen molar-refractivity contribution < 1.29 is 9.00 Å². The van der Waals surface area contributed by atoms with Gasteiger partial charge in [0.1, 0.15) is 0 Å². The Bertz CT molecular complexity index is 235. The van der Waals surface area contributed by atoms with Crippen LogP contribution in [0.15, 0.2) is 0 Å². The second-order valence-electron chi connectivity index (χ2n) is 4.85. The maximum absolute atomic E-state index is 11.6. The van der Waals surface area contributed by atoms with Crippen molar-refractivity contribution >= 4 is 16.7 Å². The highest BCUT2D eigenvalue weighted by Crippen LogP contribution is 2.15. The number of amides is 1. The number of carbonyl (C=O) groups excluding carboxylic acids is 1. The zero-order valence-electron chi connectivity index (χ0n) is 9.13. The molecule has 0 unspecified atom stereocenters. The molecule has 4 heteroatoms. The van der Waals surface area contributed by atoms with E-state index in [1.165, 1.54) is 0 Å². The summed E-state index contributed by atoms with van der Waals surface area (Å²) in [7, 11) is -0.648. The van der Waals surface area contributed by atoms with Gasteiger partial charge < -0.3 is 5.32 Å². The van der Waals surface area contributed by atoms with Gasteiger partial charge in [-0.3, -0.25) is 9.00 Å². The Morgan fingerprint density at radius 2 is 1.79 bits per heavy atom. The molecule has 0 spiro atoms. The summed E-state index contributed by atoms with van der Waals surface area (Å²) >= 11 is 0. The van der Waals surface area contributed by atoms with Gasteiger partial charge >= 0.3 is 0 Å². The van der Waals surface area contributed by atoms with E-state index in [-0.39, 0.29) is 17.4 Å². The van der Waals surface area contributed by atoms with Crippen LogP contribution in [0.2, 0.25) is 0 Å². The first kappa shape index (κ1) is 11.7. The number of carbonyl (C=O) groups is 1. The van der Waals surface area contributed by atoms with Crippen LogP contribution >= 0.6 is 0 Å². The first-order chi connectivity index (χ1) is 6.39. The molecule has 1 fully saturated rings. The van der Waals surface area contributed by atoms with E-state index in [1.807, 2.05) is 20.8 Å². The lowest BCUT2D eigenvalue weighted by atomic mass is 9.95. The second kappa shape index (κ2) is 4.43. The molecule has 1 heterocycles.